The third kappa shape index (κ3) is 3.44. The maximum Gasteiger partial charge on any atom is 0.254 e. The Morgan fingerprint density at radius 1 is 1.21 bits per heavy atom. The van der Waals surface area contributed by atoms with Crippen LogP contribution in [0.25, 0.3) is 11.4 Å². The molecule has 2 aromatic carbocycles. The minimum atomic E-state index is -0.588. The highest BCUT2D eigenvalue weighted by Gasteiger charge is 2.19. The van der Waals surface area contributed by atoms with Gasteiger partial charge in [-0.3, -0.25) is 4.79 Å². The molecule has 0 radical (unpaired) electrons. The number of nitrogens with zero attached hydrogens (tertiary/aromatic N) is 2. The van der Waals surface area contributed by atoms with Crippen LogP contribution in [0.2, 0.25) is 5.02 Å². The van der Waals surface area contributed by atoms with Gasteiger partial charge in [-0.15, -0.1) is 0 Å². The van der Waals surface area contributed by atoms with Gasteiger partial charge in [0.15, 0.2) is 0 Å². The summed E-state index contributed by atoms with van der Waals surface area (Å²) >= 11 is 5.84. The predicted molar refractivity (Wildman–Crippen MR) is 87.0 cm³/mol. The van der Waals surface area contributed by atoms with E-state index in [4.69, 9.17) is 16.1 Å². The largest absolute Gasteiger partial charge is 0.340 e. The van der Waals surface area contributed by atoms with E-state index >= 15 is 0 Å². The molecule has 0 unspecified atom stereocenters. The number of nitrogens with one attached hydrogen (secondary N) is 1. The van der Waals surface area contributed by atoms with Crippen molar-refractivity contribution >= 4 is 17.5 Å². The van der Waals surface area contributed by atoms with E-state index in [2.05, 4.69) is 15.5 Å². The molecule has 0 saturated carbocycles. The summed E-state index contributed by atoms with van der Waals surface area (Å²) in [6.07, 6.45) is 0. The van der Waals surface area contributed by atoms with Crippen LogP contribution in [0, 0.1) is 5.82 Å². The fourth-order valence-electron chi connectivity index (χ4n) is 2.11. The smallest absolute Gasteiger partial charge is 0.254 e. The average Bonchev–Trinajstić information content (AvgIpc) is 3.06. The zero-order chi connectivity index (χ0) is 17.1. The second-order valence-electron chi connectivity index (χ2n) is 5.14. The number of benzene rings is 2. The maximum atomic E-state index is 13.6. The summed E-state index contributed by atoms with van der Waals surface area (Å²) < 4.78 is 18.8. The van der Waals surface area contributed by atoms with Gasteiger partial charge in [0.1, 0.15) is 11.9 Å². The molecule has 1 amide bonds. The minimum Gasteiger partial charge on any atom is -0.340 e. The predicted octanol–water partition coefficient (Wildman–Crippen LogP) is 4.02. The first-order valence-corrected chi connectivity index (χ1v) is 7.57. The fraction of sp³-hybridized carbons (Fsp3) is 0.118. The van der Waals surface area contributed by atoms with Gasteiger partial charge in [-0.25, -0.2) is 4.39 Å². The Balaban J connectivity index is 1.74. The molecule has 0 spiro atoms. The molecule has 0 aliphatic rings. The molecule has 0 saturated heterocycles. The number of hydrogen-bond donors (Lipinski definition) is 1. The van der Waals surface area contributed by atoms with Crippen molar-refractivity contribution in [2.24, 2.45) is 0 Å². The van der Waals surface area contributed by atoms with Gasteiger partial charge in [0.25, 0.3) is 5.91 Å². The van der Waals surface area contributed by atoms with E-state index in [1.807, 2.05) is 0 Å². The van der Waals surface area contributed by atoms with Crippen LogP contribution >= 0.6 is 11.6 Å². The van der Waals surface area contributed by atoms with E-state index in [-0.39, 0.29) is 11.5 Å². The molecule has 0 aliphatic heterocycles. The van der Waals surface area contributed by atoms with Crippen molar-refractivity contribution in [3.05, 3.63) is 70.8 Å². The summed E-state index contributed by atoms with van der Waals surface area (Å²) in [4.78, 5) is 16.4. The number of aromatic nitrogens is 2. The lowest BCUT2D eigenvalue weighted by molar-refractivity contribution is 0.0928. The first kappa shape index (κ1) is 16.1. The third-order valence-electron chi connectivity index (χ3n) is 3.38. The van der Waals surface area contributed by atoms with Crippen molar-refractivity contribution in [1.29, 1.82) is 0 Å². The van der Waals surface area contributed by atoms with Gasteiger partial charge >= 0.3 is 0 Å². The normalized spacial score (nSPS) is 12.0. The molecule has 7 heteroatoms. The number of amides is 1. The van der Waals surface area contributed by atoms with Crippen molar-refractivity contribution in [2.45, 2.75) is 13.0 Å². The monoisotopic (exact) mass is 345 g/mol. The quantitative estimate of drug-likeness (QED) is 0.775. The Morgan fingerprint density at radius 2 is 1.92 bits per heavy atom. The van der Waals surface area contributed by atoms with Crippen LogP contribution in [0.15, 0.2) is 53.1 Å². The highest BCUT2D eigenvalue weighted by Crippen LogP contribution is 2.21. The molecule has 0 aliphatic carbocycles. The number of hydrogen-bond acceptors (Lipinski definition) is 4. The Hall–Kier alpha value is -2.73. The van der Waals surface area contributed by atoms with E-state index in [1.54, 1.807) is 37.3 Å². The van der Waals surface area contributed by atoms with Gasteiger partial charge < -0.3 is 9.84 Å². The lowest BCUT2D eigenvalue weighted by Crippen LogP contribution is -2.27. The summed E-state index contributed by atoms with van der Waals surface area (Å²) in [6.45, 7) is 1.68. The second-order valence-corrected chi connectivity index (χ2v) is 5.57. The summed E-state index contributed by atoms with van der Waals surface area (Å²) in [5.41, 5.74) is 0.698. The fourth-order valence-corrected chi connectivity index (χ4v) is 2.23. The summed E-state index contributed by atoms with van der Waals surface area (Å²) in [5.74, 6) is -0.528. The lowest BCUT2D eigenvalue weighted by atomic mass is 10.2. The van der Waals surface area contributed by atoms with E-state index in [0.717, 1.165) is 5.56 Å². The summed E-state index contributed by atoms with van der Waals surface area (Å²) in [6, 6.07) is 12.1. The molecular formula is C17H13ClFN3O2. The second kappa shape index (κ2) is 6.80. The number of carbonyl (C=O) groups is 1. The van der Waals surface area contributed by atoms with Gasteiger partial charge in [-0.05, 0) is 43.3 Å². The van der Waals surface area contributed by atoms with Crippen molar-refractivity contribution in [3.8, 4) is 11.4 Å². The minimum absolute atomic E-state index is 0.0400. The van der Waals surface area contributed by atoms with Crippen LogP contribution in [0.1, 0.15) is 29.2 Å². The number of rotatable bonds is 4. The van der Waals surface area contributed by atoms with Crippen LogP contribution < -0.4 is 5.32 Å². The van der Waals surface area contributed by atoms with Crippen molar-refractivity contribution in [2.75, 3.05) is 0 Å². The van der Waals surface area contributed by atoms with Crippen molar-refractivity contribution in [3.63, 3.8) is 0 Å². The molecule has 1 heterocycles. The Bertz CT molecular complexity index is 864. The average molecular weight is 346 g/mol. The molecule has 1 N–H and O–H groups in total. The standard InChI is InChI=1S/C17H13ClFN3O2/c1-10(20-16(23)13-4-2-3-5-14(13)19)17-21-15(22-24-17)11-6-8-12(18)9-7-11/h2-10H,1H3,(H,20,23)/t10-/m0/s1. The van der Waals surface area contributed by atoms with Crippen LogP contribution in [0.3, 0.4) is 0 Å². The first-order valence-electron chi connectivity index (χ1n) is 7.19. The van der Waals surface area contributed by atoms with E-state index in [0.29, 0.717) is 10.8 Å². The molecule has 5 nitrogen and oxygen atoms in total. The van der Waals surface area contributed by atoms with Crippen molar-refractivity contribution in [1.82, 2.24) is 15.5 Å². The number of halogens is 2. The van der Waals surface area contributed by atoms with E-state index < -0.39 is 17.8 Å². The van der Waals surface area contributed by atoms with Crippen LogP contribution in [-0.2, 0) is 0 Å². The van der Waals surface area contributed by atoms with Crippen LogP contribution in [0.4, 0.5) is 4.39 Å². The van der Waals surface area contributed by atoms with Crippen LogP contribution in [-0.4, -0.2) is 16.0 Å². The summed E-state index contributed by atoms with van der Waals surface area (Å²) in [7, 11) is 0. The molecular weight excluding hydrogens is 333 g/mol. The Labute approximate surface area is 142 Å². The van der Waals surface area contributed by atoms with E-state index in [1.165, 1.54) is 18.2 Å². The maximum absolute atomic E-state index is 13.6. The molecule has 122 valence electrons. The summed E-state index contributed by atoms with van der Waals surface area (Å²) in [5, 5.41) is 7.12. The highest BCUT2D eigenvalue weighted by atomic mass is 35.5. The van der Waals surface area contributed by atoms with E-state index in [9.17, 15) is 9.18 Å². The van der Waals surface area contributed by atoms with Crippen LogP contribution in [0.5, 0.6) is 0 Å². The SMILES string of the molecule is C[C@H](NC(=O)c1ccccc1F)c1nc(-c2ccc(Cl)cc2)no1. The third-order valence-corrected chi connectivity index (χ3v) is 3.63. The van der Waals surface area contributed by atoms with Gasteiger partial charge in [-0.1, -0.05) is 28.9 Å². The van der Waals surface area contributed by atoms with Gasteiger partial charge in [0.2, 0.25) is 11.7 Å². The number of carbonyl (C=O) groups excluding carboxylic acids is 1. The topological polar surface area (TPSA) is 68.0 Å². The Morgan fingerprint density at radius 3 is 2.62 bits per heavy atom. The molecule has 3 aromatic rings. The molecule has 0 fully saturated rings. The molecule has 3 rings (SSSR count). The van der Waals surface area contributed by atoms with Gasteiger partial charge in [-0.2, -0.15) is 4.98 Å². The molecule has 0 bridgehead atoms. The van der Waals surface area contributed by atoms with Gasteiger partial charge in [0.05, 0.1) is 5.56 Å². The molecule has 24 heavy (non-hydrogen) atoms. The van der Waals surface area contributed by atoms with Crippen molar-refractivity contribution < 1.29 is 13.7 Å². The van der Waals surface area contributed by atoms with Gasteiger partial charge in [0, 0.05) is 10.6 Å². The zero-order valence-electron chi connectivity index (χ0n) is 12.7. The zero-order valence-corrected chi connectivity index (χ0v) is 13.4. The molecule has 1 atom stereocenters. The highest BCUT2D eigenvalue weighted by molar-refractivity contribution is 6.30. The lowest BCUT2D eigenvalue weighted by Gasteiger charge is -2.10. The molecule has 1 aromatic heterocycles. The Kier molecular flexibility index (Phi) is 4.57. The first-order chi connectivity index (χ1) is 11.5.